The predicted molar refractivity (Wildman–Crippen MR) is 67.3 cm³/mol. The summed E-state index contributed by atoms with van der Waals surface area (Å²) < 4.78 is 4.67. The quantitative estimate of drug-likeness (QED) is 0.810. The first-order chi connectivity index (χ1) is 8.74. The smallest absolute Gasteiger partial charge is 0.213 e. The normalized spacial score (nSPS) is 12.5. The molecule has 1 unspecified atom stereocenters. The lowest BCUT2D eigenvalue weighted by molar-refractivity contribution is 0.408. The Bertz CT molecular complexity index is 454. The minimum Gasteiger partial charge on any atom is -0.508 e. The summed E-state index contributed by atoms with van der Waals surface area (Å²) in [5, 5.41) is 16.4. The van der Waals surface area contributed by atoms with E-state index in [4.69, 9.17) is 0 Å². The van der Waals surface area contributed by atoms with Crippen LogP contribution in [0.4, 0.5) is 0 Å². The SMILES string of the molecule is CC(Cc1ccc(O)cc1)NCCc1ncon1. The number of phenols is 1. The molecule has 0 aliphatic carbocycles. The molecule has 1 heterocycles. The zero-order valence-corrected chi connectivity index (χ0v) is 10.3. The van der Waals surface area contributed by atoms with Gasteiger partial charge in [0, 0.05) is 19.0 Å². The summed E-state index contributed by atoms with van der Waals surface area (Å²) in [6, 6.07) is 7.66. The fourth-order valence-electron chi connectivity index (χ4n) is 1.79. The predicted octanol–water partition coefficient (Wildman–Crippen LogP) is 1.54. The van der Waals surface area contributed by atoms with E-state index < -0.39 is 0 Å². The Labute approximate surface area is 106 Å². The van der Waals surface area contributed by atoms with Gasteiger partial charge in [0.2, 0.25) is 6.39 Å². The molecule has 96 valence electrons. The van der Waals surface area contributed by atoms with Crippen LogP contribution >= 0.6 is 0 Å². The van der Waals surface area contributed by atoms with Gasteiger partial charge in [-0.2, -0.15) is 4.98 Å². The Morgan fingerprint density at radius 1 is 1.33 bits per heavy atom. The molecule has 18 heavy (non-hydrogen) atoms. The lowest BCUT2D eigenvalue weighted by Gasteiger charge is -2.13. The van der Waals surface area contributed by atoms with Crippen molar-refractivity contribution in [1.29, 1.82) is 0 Å². The van der Waals surface area contributed by atoms with Crippen LogP contribution in [0.5, 0.6) is 5.75 Å². The molecule has 0 bridgehead atoms. The Morgan fingerprint density at radius 3 is 2.78 bits per heavy atom. The third kappa shape index (κ3) is 3.85. The van der Waals surface area contributed by atoms with E-state index in [1.165, 1.54) is 12.0 Å². The van der Waals surface area contributed by atoms with Crippen LogP contribution in [0.15, 0.2) is 35.2 Å². The fourth-order valence-corrected chi connectivity index (χ4v) is 1.79. The highest BCUT2D eigenvalue weighted by molar-refractivity contribution is 5.26. The summed E-state index contributed by atoms with van der Waals surface area (Å²) >= 11 is 0. The van der Waals surface area contributed by atoms with Gasteiger partial charge < -0.3 is 14.9 Å². The largest absolute Gasteiger partial charge is 0.508 e. The zero-order valence-electron chi connectivity index (χ0n) is 10.3. The van der Waals surface area contributed by atoms with Gasteiger partial charge in [-0.05, 0) is 31.0 Å². The van der Waals surface area contributed by atoms with Crippen LogP contribution < -0.4 is 5.32 Å². The standard InChI is InChI=1S/C13H17N3O2/c1-10(8-11-2-4-12(17)5-3-11)14-7-6-13-15-9-18-16-13/h2-5,9-10,14,17H,6-8H2,1H3. The first-order valence-corrected chi connectivity index (χ1v) is 6.00. The molecule has 0 saturated heterocycles. The molecular weight excluding hydrogens is 230 g/mol. The number of nitrogens with one attached hydrogen (secondary N) is 1. The summed E-state index contributed by atoms with van der Waals surface area (Å²) in [5.41, 5.74) is 1.20. The third-order valence-electron chi connectivity index (χ3n) is 2.73. The lowest BCUT2D eigenvalue weighted by atomic mass is 10.1. The van der Waals surface area contributed by atoms with Crippen molar-refractivity contribution < 1.29 is 9.63 Å². The van der Waals surface area contributed by atoms with Crippen LogP contribution in [0.3, 0.4) is 0 Å². The van der Waals surface area contributed by atoms with Crippen molar-refractivity contribution in [1.82, 2.24) is 15.5 Å². The van der Waals surface area contributed by atoms with Crippen LogP contribution in [0.2, 0.25) is 0 Å². The van der Waals surface area contributed by atoms with Crippen LogP contribution in [0, 0.1) is 0 Å². The van der Waals surface area contributed by atoms with Crippen molar-refractivity contribution in [3.63, 3.8) is 0 Å². The number of aromatic hydroxyl groups is 1. The van der Waals surface area contributed by atoms with Gasteiger partial charge in [0.1, 0.15) is 5.75 Å². The number of nitrogens with zero attached hydrogens (tertiary/aromatic N) is 2. The Hall–Kier alpha value is -1.88. The lowest BCUT2D eigenvalue weighted by Crippen LogP contribution is -2.30. The van der Waals surface area contributed by atoms with Crippen LogP contribution in [-0.2, 0) is 12.8 Å². The molecule has 1 aromatic carbocycles. The molecule has 0 spiro atoms. The minimum atomic E-state index is 0.302. The van der Waals surface area contributed by atoms with E-state index in [2.05, 4.69) is 26.9 Å². The van der Waals surface area contributed by atoms with Gasteiger partial charge in [-0.25, -0.2) is 0 Å². The van der Waals surface area contributed by atoms with Crippen molar-refractivity contribution in [3.8, 4) is 5.75 Å². The van der Waals surface area contributed by atoms with E-state index in [9.17, 15) is 5.11 Å². The van der Waals surface area contributed by atoms with E-state index in [0.29, 0.717) is 11.8 Å². The molecule has 2 N–H and O–H groups in total. The number of hydrogen-bond acceptors (Lipinski definition) is 5. The van der Waals surface area contributed by atoms with Gasteiger partial charge in [-0.1, -0.05) is 17.3 Å². The summed E-state index contributed by atoms with van der Waals surface area (Å²) in [5.74, 6) is 1.02. The van der Waals surface area contributed by atoms with Gasteiger partial charge in [-0.15, -0.1) is 0 Å². The fraction of sp³-hybridized carbons (Fsp3) is 0.385. The highest BCUT2D eigenvalue weighted by Crippen LogP contribution is 2.11. The van der Waals surface area contributed by atoms with E-state index in [1.807, 2.05) is 12.1 Å². The van der Waals surface area contributed by atoms with Gasteiger partial charge in [0.15, 0.2) is 5.82 Å². The number of hydrogen-bond donors (Lipinski definition) is 2. The summed E-state index contributed by atoms with van der Waals surface area (Å²) in [4.78, 5) is 3.96. The van der Waals surface area contributed by atoms with Crippen molar-refractivity contribution in [2.45, 2.75) is 25.8 Å². The van der Waals surface area contributed by atoms with E-state index in [-0.39, 0.29) is 0 Å². The highest BCUT2D eigenvalue weighted by atomic mass is 16.5. The molecule has 0 amide bonds. The van der Waals surface area contributed by atoms with Crippen LogP contribution in [0.1, 0.15) is 18.3 Å². The molecule has 1 aromatic heterocycles. The molecule has 2 rings (SSSR count). The molecule has 0 saturated carbocycles. The molecule has 0 fully saturated rings. The molecule has 0 radical (unpaired) electrons. The van der Waals surface area contributed by atoms with Gasteiger partial charge in [-0.3, -0.25) is 0 Å². The van der Waals surface area contributed by atoms with Crippen LogP contribution in [0.25, 0.3) is 0 Å². The highest BCUT2D eigenvalue weighted by Gasteiger charge is 2.04. The van der Waals surface area contributed by atoms with E-state index >= 15 is 0 Å². The number of phenolic OH excluding ortho intramolecular Hbond substituents is 1. The second-order valence-electron chi connectivity index (χ2n) is 4.32. The Kier molecular flexibility index (Phi) is 4.30. The second-order valence-corrected chi connectivity index (χ2v) is 4.32. The first kappa shape index (κ1) is 12.6. The maximum Gasteiger partial charge on any atom is 0.213 e. The number of rotatable bonds is 6. The Morgan fingerprint density at radius 2 is 2.11 bits per heavy atom. The monoisotopic (exact) mass is 247 g/mol. The van der Waals surface area contributed by atoms with Gasteiger partial charge in [0.05, 0.1) is 0 Å². The molecule has 2 aromatic rings. The molecule has 0 aliphatic heterocycles. The minimum absolute atomic E-state index is 0.302. The average molecular weight is 247 g/mol. The van der Waals surface area contributed by atoms with Crippen molar-refractivity contribution >= 4 is 0 Å². The summed E-state index contributed by atoms with van der Waals surface area (Å²) in [6.07, 6.45) is 3.03. The molecular formula is C13H17N3O2. The molecule has 1 atom stereocenters. The zero-order chi connectivity index (χ0) is 12.8. The number of aromatic nitrogens is 2. The molecule has 0 aliphatic rings. The summed E-state index contributed by atoms with van der Waals surface area (Å²) in [7, 11) is 0. The topological polar surface area (TPSA) is 71.2 Å². The molecule has 5 nitrogen and oxygen atoms in total. The Balaban J connectivity index is 1.71. The van der Waals surface area contributed by atoms with Crippen LogP contribution in [-0.4, -0.2) is 27.8 Å². The second kappa shape index (κ2) is 6.16. The first-order valence-electron chi connectivity index (χ1n) is 6.00. The summed E-state index contributed by atoms with van der Waals surface area (Å²) in [6.45, 7) is 2.95. The average Bonchev–Trinajstić information content (AvgIpc) is 2.85. The third-order valence-corrected chi connectivity index (χ3v) is 2.73. The van der Waals surface area contributed by atoms with Gasteiger partial charge in [0.25, 0.3) is 0 Å². The maximum absolute atomic E-state index is 9.20. The van der Waals surface area contributed by atoms with Crippen molar-refractivity contribution in [2.24, 2.45) is 0 Å². The van der Waals surface area contributed by atoms with E-state index in [1.54, 1.807) is 12.1 Å². The van der Waals surface area contributed by atoms with Crippen molar-refractivity contribution in [2.75, 3.05) is 6.54 Å². The van der Waals surface area contributed by atoms with Crippen molar-refractivity contribution in [3.05, 3.63) is 42.0 Å². The maximum atomic E-state index is 9.20. The molecule has 5 heteroatoms. The number of benzene rings is 1. The van der Waals surface area contributed by atoms with Gasteiger partial charge >= 0.3 is 0 Å². The van der Waals surface area contributed by atoms with E-state index in [0.717, 1.165) is 25.2 Å².